The molecule has 9 nitrogen and oxygen atoms in total. The molecule has 5 rings (SSSR count). The molecule has 1 fully saturated rings. The molecule has 1 aliphatic rings. The number of aromatic nitrogens is 3. The maximum Gasteiger partial charge on any atom is 0.233 e. The SMILES string of the molecule is COc1ccc(NC(=O)Cc2ccc(Nc3nc(NCc4ccc(F)cc4)nc(NCC4CCCCC4)n3)cc2)cc1. The number of carbonyl (C=O) groups is 1. The Morgan fingerprint density at radius 1 is 0.786 bits per heavy atom. The lowest BCUT2D eigenvalue weighted by molar-refractivity contribution is -0.115. The lowest BCUT2D eigenvalue weighted by atomic mass is 9.89. The van der Waals surface area contributed by atoms with Crippen LogP contribution in [0.2, 0.25) is 0 Å². The molecule has 0 saturated heterocycles. The minimum Gasteiger partial charge on any atom is -0.497 e. The van der Waals surface area contributed by atoms with Crippen molar-refractivity contribution in [1.29, 1.82) is 0 Å². The number of benzene rings is 3. The molecule has 42 heavy (non-hydrogen) atoms. The van der Waals surface area contributed by atoms with Crippen LogP contribution in [0.15, 0.2) is 72.8 Å². The highest BCUT2D eigenvalue weighted by Gasteiger charge is 2.15. The van der Waals surface area contributed by atoms with Crippen LogP contribution < -0.4 is 26.0 Å². The average Bonchev–Trinajstić information content (AvgIpc) is 3.01. The molecule has 10 heteroatoms. The summed E-state index contributed by atoms with van der Waals surface area (Å²) >= 11 is 0. The molecule has 1 amide bonds. The van der Waals surface area contributed by atoms with E-state index in [1.165, 1.54) is 44.2 Å². The van der Waals surface area contributed by atoms with E-state index in [1.807, 2.05) is 24.3 Å². The lowest BCUT2D eigenvalue weighted by Crippen LogP contribution is -2.19. The first-order valence-electron chi connectivity index (χ1n) is 14.3. The molecule has 1 aliphatic carbocycles. The third kappa shape index (κ3) is 8.63. The van der Waals surface area contributed by atoms with Crippen molar-refractivity contribution >= 4 is 35.1 Å². The summed E-state index contributed by atoms with van der Waals surface area (Å²) in [4.78, 5) is 26.3. The van der Waals surface area contributed by atoms with Crippen molar-refractivity contribution in [3.63, 3.8) is 0 Å². The van der Waals surface area contributed by atoms with Crippen LogP contribution in [0.5, 0.6) is 5.75 Å². The lowest BCUT2D eigenvalue weighted by Gasteiger charge is -2.21. The predicted molar refractivity (Wildman–Crippen MR) is 164 cm³/mol. The van der Waals surface area contributed by atoms with E-state index in [0.717, 1.165) is 29.1 Å². The van der Waals surface area contributed by atoms with Crippen molar-refractivity contribution in [2.45, 2.75) is 45.1 Å². The van der Waals surface area contributed by atoms with Gasteiger partial charge >= 0.3 is 0 Å². The second kappa shape index (κ2) is 14.2. The Bertz CT molecular complexity index is 1440. The summed E-state index contributed by atoms with van der Waals surface area (Å²) in [5, 5.41) is 12.8. The van der Waals surface area contributed by atoms with Gasteiger partial charge in [0.25, 0.3) is 0 Å². The molecule has 218 valence electrons. The van der Waals surface area contributed by atoms with Crippen LogP contribution in [0.1, 0.15) is 43.2 Å². The number of carbonyl (C=O) groups excluding carboxylic acids is 1. The molecule has 0 unspecified atom stereocenters. The molecule has 0 spiro atoms. The van der Waals surface area contributed by atoms with Crippen LogP contribution in [0.25, 0.3) is 0 Å². The fourth-order valence-electron chi connectivity index (χ4n) is 4.90. The van der Waals surface area contributed by atoms with E-state index in [4.69, 9.17) is 4.74 Å². The molecule has 0 bridgehead atoms. The average molecular weight is 570 g/mol. The third-order valence-electron chi connectivity index (χ3n) is 7.22. The van der Waals surface area contributed by atoms with Crippen LogP contribution in [-0.4, -0.2) is 34.5 Å². The van der Waals surface area contributed by atoms with Crippen LogP contribution in [0.4, 0.5) is 33.6 Å². The summed E-state index contributed by atoms with van der Waals surface area (Å²) in [6.45, 7) is 1.26. The third-order valence-corrected chi connectivity index (χ3v) is 7.22. The van der Waals surface area contributed by atoms with E-state index in [9.17, 15) is 9.18 Å². The Kier molecular flexibility index (Phi) is 9.77. The van der Waals surface area contributed by atoms with Gasteiger partial charge in [-0.25, -0.2) is 4.39 Å². The first-order chi connectivity index (χ1) is 20.5. The molecular formula is C32H36FN7O2. The fraction of sp³-hybridized carbons (Fsp3) is 0.312. The number of nitrogens with zero attached hydrogens (tertiary/aromatic N) is 3. The minimum atomic E-state index is -0.275. The largest absolute Gasteiger partial charge is 0.497 e. The Balaban J connectivity index is 1.22. The van der Waals surface area contributed by atoms with Crippen molar-refractivity contribution in [3.05, 3.63) is 89.7 Å². The maximum absolute atomic E-state index is 13.3. The van der Waals surface area contributed by atoms with Gasteiger partial charge in [0, 0.05) is 24.5 Å². The molecular weight excluding hydrogens is 533 g/mol. The number of halogens is 1. The van der Waals surface area contributed by atoms with Crippen molar-refractivity contribution in [1.82, 2.24) is 15.0 Å². The molecule has 3 aromatic carbocycles. The number of methoxy groups -OCH3 is 1. The first-order valence-corrected chi connectivity index (χ1v) is 14.3. The number of ether oxygens (including phenoxy) is 1. The van der Waals surface area contributed by atoms with E-state index in [2.05, 4.69) is 36.2 Å². The van der Waals surface area contributed by atoms with Crippen LogP contribution in [0.3, 0.4) is 0 Å². The quantitative estimate of drug-likeness (QED) is 0.152. The molecule has 0 radical (unpaired) electrons. The Labute approximate surface area is 245 Å². The van der Waals surface area contributed by atoms with Gasteiger partial charge in [-0.05, 0) is 78.4 Å². The highest BCUT2D eigenvalue weighted by molar-refractivity contribution is 5.92. The van der Waals surface area contributed by atoms with E-state index in [0.29, 0.717) is 36.0 Å². The van der Waals surface area contributed by atoms with Gasteiger partial charge in [0.05, 0.1) is 13.5 Å². The Morgan fingerprint density at radius 3 is 2.10 bits per heavy atom. The molecule has 4 N–H and O–H groups in total. The first kappa shape index (κ1) is 28.8. The van der Waals surface area contributed by atoms with Gasteiger partial charge in [0.15, 0.2) is 0 Å². The molecule has 4 aromatic rings. The van der Waals surface area contributed by atoms with E-state index >= 15 is 0 Å². The van der Waals surface area contributed by atoms with Crippen molar-refractivity contribution in [3.8, 4) is 5.75 Å². The molecule has 1 aromatic heterocycles. The van der Waals surface area contributed by atoms with E-state index < -0.39 is 0 Å². The second-order valence-electron chi connectivity index (χ2n) is 10.4. The maximum atomic E-state index is 13.3. The summed E-state index contributed by atoms with van der Waals surface area (Å²) in [5.74, 6) is 2.26. The highest BCUT2D eigenvalue weighted by atomic mass is 19.1. The topological polar surface area (TPSA) is 113 Å². The number of amides is 1. The van der Waals surface area contributed by atoms with Gasteiger partial charge in [-0.3, -0.25) is 4.79 Å². The Morgan fingerprint density at radius 2 is 1.40 bits per heavy atom. The van der Waals surface area contributed by atoms with Gasteiger partial charge in [-0.1, -0.05) is 43.5 Å². The molecule has 0 aliphatic heterocycles. The van der Waals surface area contributed by atoms with Crippen molar-refractivity contribution in [2.75, 3.05) is 34.9 Å². The number of rotatable bonds is 12. The van der Waals surface area contributed by atoms with Gasteiger partial charge < -0.3 is 26.0 Å². The Hall–Kier alpha value is -4.73. The molecule has 1 heterocycles. The van der Waals surface area contributed by atoms with E-state index in [-0.39, 0.29) is 18.1 Å². The molecule has 0 atom stereocenters. The zero-order chi connectivity index (χ0) is 29.1. The zero-order valence-electron chi connectivity index (χ0n) is 23.7. The smallest absolute Gasteiger partial charge is 0.233 e. The number of anilines is 5. The van der Waals surface area contributed by atoms with Crippen LogP contribution in [0, 0.1) is 11.7 Å². The van der Waals surface area contributed by atoms with Gasteiger partial charge in [0.1, 0.15) is 11.6 Å². The monoisotopic (exact) mass is 569 g/mol. The van der Waals surface area contributed by atoms with Crippen molar-refractivity contribution < 1.29 is 13.9 Å². The fourth-order valence-corrected chi connectivity index (χ4v) is 4.90. The standard InChI is InChI=1S/C32H36FN7O2/c1-42-28-17-15-26(16-18-28)36-29(41)19-22-9-13-27(14-10-22)37-32-39-30(34-20-23-5-3-2-4-6-23)38-31(40-32)35-21-24-7-11-25(33)12-8-24/h7-18,23H,2-6,19-21H2,1H3,(H,36,41)(H3,34,35,37,38,39,40). The van der Waals surface area contributed by atoms with Gasteiger partial charge in [0.2, 0.25) is 23.8 Å². The summed E-state index contributed by atoms with van der Waals surface area (Å²) in [5.41, 5.74) is 3.28. The zero-order valence-corrected chi connectivity index (χ0v) is 23.7. The summed E-state index contributed by atoms with van der Waals surface area (Å²) < 4.78 is 18.5. The minimum absolute atomic E-state index is 0.108. The highest BCUT2D eigenvalue weighted by Crippen LogP contribution is 2.24. The normalized spacial score (nSPS) is 13.3. The summed E-state index contributed by atoms with van der Waals surface area (Å²) in [6, 6.07) is 21.1. The predicted octanol–water partition coefficient (Wildman–Crippen LogP) is 6.55. The number of hydrogen-bond acceptors (Lipinski definition) is 8. The second-order valence-corrected chi connectivity index (χ2v) is 10.4. The van der Waals surface area contributed by atoms with Crippen LogP contribution in [-0.2, 0) is 17.8 Å². The number of nitrogens with one attached hydrogen (secondary N) is 4. The van der Waals surface area contributed by atoms with Crippen molar-refractivity contribution in [2.24, 2.45) is 5.92 Å². The van der Waals surface area contributed by atoms with Gasteiger partial charge in [-0.15, -0.1) is 0 Å². The summed E-state index contributed by atoms with van der Waals surface area (Å²) in [6.07, 6.45) is 6.50. The number of hydrogen-bond donors (Lipinski definition) is 4. The van der Waals surface area contributed by atoms with Crippen LogP contribution >= 0.6 is 0 Å². The summed E-state index contributed by atoms with van der Waals surface area (Å²) in [7, 11) is 1.60. The van der Waals surface area contributed by atoms with Gasteiger partial charge in [-0.2, -0.15) is 15.0 Å². The molecule has 1 saturated carbocycles. The van der Waals surface area contributed by atoms with E-state index in [1.54, 1.807) is 43.5 Å².